The standard InChI is InChI=1S/C12H24N2O3/c1-12(2,3)17-11(15)13-8-9-6-5-7-10(9)14-16-4/h9-10,14H,5-8H2,1-4H3,(H,13,15). The normalized spacial score (nSPS) is 24.7. The molecule has 0 spiro atoms. The van der Waals surface area contributed by atoms with Gasteiger partial charge in [0.25, 0.3) is 0 Å². The quantitative estimate of drug-likeness (QED) is 0.741. The van der Waals surface area contributed by atoms with E-state index in [0.717, 1.165) is 12.8 Å². The first-order valence-corrected chi connectivity index (χ1v) is 6.18. The van der Waals surface area contributed by atoms with Crippen LogP contribution in [0.3, 0.4) is 0 Å². The molecule has 1 aliphatic rings. The second-order valence-corrected chi connectivity index (χ2v) is 5.50. The summed E-state index contributed by atoms with van der Waals surface area (Å²) in [5.41, 5.74) is 2.53. The number of amides is 1. The van der Waals surface area contributed by atoms with E-state index < -0.39 is 5.60 Å². The zero-order chi connectivity index (χ0) is 12.9. The highest BCUT2D eigenvalue weighted by Gasteiger charge is 2.28. The number of nitrogens with one attached hydrogen (secondary N) is 2. The maximum absolute atomic E-state index is 11.5. The van der Waals surface area contributed by atoms with Gasteiger partial charge in [-0.25, -0.2) is 4.79 Å². The van der Waals surface area contributed by atoms with Crippen molar-refractivity contribution in [1.29, 1.82) is 0 Å². The number of hydroxylamine groups is 1. The first-order valence-electron chi connectivity index (χ1n) is 6.18. The average molecular weight is 244 g/mol. The smallest absolute Gasteiger partial charge is 0.407 e. The SMILES string of the molecule is CONC1CCCC1CNC(=O)OC(C)(C)C. The summed E-state index contributed by atoms with van der Waals surface area (Å²) < 4.78 is 5.19. The summed E-state index contributed by atoms with van der Waals surface area (Å²) in [5, 5.41) is 2.81. The average Bonchev–Trinajstić information content (AvgIpc) is 2.60. The van der Waals surface area contributed by atoms with Gasteiger partial charge < -0.3 is 14.9 Å². The third-order valence-corrected chi connectivity index (χ3v) is 2.84. The predicted octanol–water partition coefficient (Wildman–Crippen LogP) is 1.83. The third kappa shape index (κ3) is 5.37. The van der Waals surface area contributed by atoms with Gasteiger partial charge in [-0.1, -0.05) is 6.42 Å². The van der Waals surface area contributed by atoms with E-state index in [1.807, 2.05) is 20.8 Å². The topological polar surface area (TPSA) is 59.6 Å². The van der Waals surface area contributed by atoms with Crippen LogP contribution in [-0.4, -0.2) is 31.4 Å². The van der Waals surface area contributed by atoms with Gasteiger partial charge in [0.15, 0.2) is 0 Å². The van der Waals surface area contributed by atoms with Crippen LogP contribution in [0.4, 0.5) is 4.79 Å². The second kappa shape index (κ2) is 6.21. The largest absolute Gasteiger partial charge is 0.444 e. The highest BCUT2D eigenvalue weighted by Crippen LogP contribution is 2.25. The van der Waals surface area contributed by atoms with Gasteiger partial charge in [0.1, 0.15) is 5.60 Å². The summed E-state index contributed by atoms with van der Waals surface area (Å²) in [5.74, 6) is 0.419. The lowest BCUT2D eigenvalue weighted by Gasteiger charge is -2.23. The van der Waals surface area contributed by atoms with E-state index >= 15 is 0 Å². The molecule has 5 heteroatoms. The van der Waals surface area contributed by atoms with Crippen LogP contribution in [0.1, 0.15) is 40.0 Å². The first kappa shape index (κ1) is 14.3. The minimum absolute atomic E-state index is 0.329. The van der Waals surface area contributed by atoms with E-state index in [1.54, 1.807) is 7.11 Å². The number of rotatable bonds is 4. The molecule has 1 rings (SSSR count). The van der Waals surface area contributed by atoms with Crippen molar-refractivity contribution in [1.82, 2.24) is 10.8 Å². The molecule has 0 bridgehead atoms. The van der Waals surface area contributed by atoms with Crippen molar-refractivity contribution in [2.45, 2.75) is 51.7 Å². The van der Waals surface area contributed by atoms with Gasteiger partial charge in [0.05, 0.1) is 7.11 Å². The van der Waals surface area contributed by atoms with Gasteiger partial charge in [-0.2, -0.15) is 5.48 Å². The van der Waals surface area contributed by atoms with Crippen LogP contribution in [0, 0.1) is 5.92 Å². The molecule has 2 atom stereocenters. The fraction of sp³-hybridized carbons (Fsp3) is 0.917. The van der Waals surface area contributed by atoms with Crippen LogP contribution in [-0.2, 0) is 9.57 Å². The molecule has 0 aromatic heterocycles. The van der Waals surface area contributed by atoms with E-state index in [2.05, 4.69) is 10.8 Å². The van der Waals surface area contributed by atoms with Gasteiger partial charge in [-0.15, -0.1) is 0 Å². The lowest BCUT2D eigenvalue weighted by Crippen LogP contribution is -2.40. The van der Waals surface area contributed by atoms with Gasteiger partial charge in [-0.3, -0.25) is 0 Å². The second-order valence-electron chi connectivity index (χ2n) is 5.50. The Morgan fingerprint density at radius 2 is 2.06 bits per heavy atom. The van der Waals surface area contributed by atoms with Crippen molar-refractivity contribution in [3.8, 4) is 0 Å². The molecule has 2 unspecified atom stereocenters. The van der Waals surface area contributed by atoms with E-state index in [1.165, 1.54) is 6.42 Å². The lowest BCUT2D eigenvalue weighted by atomic mass is 10.0. The Morgan fingerprint density at radius 1 is 1.35 bits per heavy atom. The summed E-state index contributed by atoms with van der Waals surface area (Å²) in [6.45, 7) is 6.21. The number of ether oxygens (including phenoxy) is 1. The van der Waals surface area contributed by atoms with E-state index in [4.69, 9.17) is 9.57 Å². The van der Waals surface area contributed by atoms with Gasteiger partial charge in [-0.05, 0) is 39.5 Å². The minimum atomic E-state index is -0.441. The van der Waals surface area contributed by atoms with Gasteiger partial charge >= 0.3 is 6.09 Å². The summed E-state index contributed by atoms with van der Waals surface area (Å²) in [7, 11) is 1.62. The molecular formula is C12H24N2O3. The Balaban J connectivity index is 2.27. The number of hydrogen-bond acceptors (Lipinski definition) is 4. The Bertz CT molecular complexity index is 251. The fourth-order valence-electron chi connectivity index (χ4n) is 2.12. The van der Waals surface area contributed by atoms with Crippen molar-refractivity contribution < 1.29 is 14.4 Å². The molecule has 0 aromatic rings. The number of carbonyl (C=O) groups excluding carboxylic acids is 1. The molecule has 1 amide bonds. The van der Waals surface area contributed by atoms with E-state index in [-0.39, 0.29) is 6.09 Å². The highest BCUT2D eigenvalue weighted by atomic mass is 16.6. The molecule has 5 nitrogen and oxygen atoms in total. The van der Waals surface area contributed by atoms with E-state index in [0.29, 0.717) is 18.5 Å². The summed E-state index contributed by atoms with van der Waals surface area (Å²) in [6.07, 6.45) is 3.02. The summed E-state index contributed by atoms with van der Waals surface area (Å²) in [6, 6.07) is 0.329. The predicted molar refractivity (Wildman–Crippen MR) is 65.5 cm³/mol. The van der Waals surface area contributed by atoms with Crippen molar-refractivity contribution >= 4 is 6.09 Å². The molecule has 0 radical (unpaired) electrons. The molecule has 2 N–H and O–H groups in total. The van der Waals surface area contributed by atoms with Crippen LogP contribution in [0.15, 0.2) is 0 Å². The lowest BCUT2D eigenvalue weighted by molar-refractivity contribution is 0.0418. The number of carbonyl (C=O) groups is 1. The maximum atomic E-state index is 11.5. The van der Waals surface area contributed by atoms with Gasteiger partial charge in [0, 0.05) is 12.6 Å². The minimum Gasteiger partial charge on any atom is -0.444 e. The van der Waals surface area contributed by atoms with E-state index in [9.17, 15) is 4.79 Å². The van der Waals surface area contributed by atoms with Crippen molar-refractivity contribution in [3.05, 3.63) is 0 Å². The van der Waals surface area contributed by atoms with Crippen LogP contribution in [0.2, 0.25) is 0 Å². The zero-order valence-corrected chi connectivity index (χ0v) is 11.2. The van der Waals surface area contributed by atoms with Crippen molar-refractivity contribution in [2.24, 2.45) is 5.92 Å². The Hall–Kier alpha value is -0.810. The molecule has 1 saturated carbocycles. The summed E-state index contributed by atoms with van der Waals surface area (Å²) in [4.78, 5) is 16.4. The first-order chi connectivity index (χ1) is 7.92. The van der Waals surface area contributed by atoms with Crippen molar-refractivity contribution in [3.63, 3.8) is 0 Å². The molecule has 0 aliphatic heterocycles. The number of hydrogen-bond donors (Lipinski definition) is 2. The molecule has 0 heterocycles. The molecule has 1 fully saturated rings. The maximum Gasteiger partial charge on any atom is 0.407 e. The Morgan fingerprint density at radius 3 is 2.65 bits per heavy atom. The van der Waals surface area contributed by atoms with Crippen LogP contribution < -0.4 is 10.8 Å². The molecule has 100 valence electrons. The van der Waals surface area contributed by atoms with Crippen LogP contribution >= 0.6 is 0 Å². The molecular weight excluding hydrogens is 220 g/mol. The molecule has 0 saturated heterocycles. The molecule has 17 heavy (non-hydrogen) atoms. The van der Waals surface area contributed by atoms with Gasteiger partial charge in [0.2, 0.25) is 0 Å². The van der Waals surface area contributed by atoms with Crippen molar-refractivity contribution in [2.75, 3.05) is 13.7 Å². The summed E-state index contributed by atoms with van der Waals surface area (Å²) >= 11 is 0. The van der Waals surface area contributed by atoms with Crippen LogP contribution in [0.25, 0.3) is 0 Å². The number of alkyl carbamates (subject to hydrolysis) is 1. The molecule has 0 aromatic carbocycles. The highest BCUT2D eigenvalue weighted by molar-refractivity contribution is 5.67. The Labute approximate surface area is 103 Å². The van der Waals surface area contributed by atoms with Crippen LogP contribution in [0.5, 0.6) is 0 Å². The monoisotopic (exact) mass is 244 g/mol. The molecule has 1 aliphatic carbocycles. The Kier molecular flexibility index (Phi) is 5.21. The zero-order valence-electron chi connectivity index (χ0n) is 11.2. The fourth-order valence-corrected chi connectivity index (χ4v) is 2.12. The third-order valence-electron chi connectivity index (χ3n) is 2.84.